The van der Waals surface area contributed by atoms with Crippen molar-refractivity contribution in [1.82, 2.24) is 0 Å². The SMILES string of the molecule is C=CCCCCCCC(=O)C(CC)CC. The molecule has 0 N–H and O–H groups in total. The van der Waals surface area contributed by atoms with E-state index in [1.165, 1.54) is 19.3 Å². The topological polar surface area (TPSA) is 17.1 Å². The normalized spacial score (nSPS) is 10.6. The second-order valence-electron chi connectivity index (χ2n) is 4.22. The first-order valence-electron chi connectivity index (χ1n) is 6.39. The molecule has 1 nitrogen and oxygen atoms in total. The minimum absolute atomic E-state index is 0.318. The Bertz CT molecular complexity index is 168. The Morgan fingerprint density at radius 3 is 2.27 bits per heavy atom. The zero-order chi connectivity index (χ0) is 11.5. The van der Waals surface area contributed by atoms with Crippen molar-refractivity contribution in [3.8, 4) is 0 Å². The van der Waals surface area contributed by atoms with Gasteiger partial charge in [0.05, 0.1) is 0 Å². The Morgan fingerprint density at radius 1 is 1.13 bits per heavy atom. The molecule has 0 aromatic heterocycles. The van der Waals surface area contributed by atoms with E-state index in [1.54, 1.807) is 0 Å². The van der Waals surface area contributed by atoms with E-state index in [0.717, 1.165) is 32.1 Å². The fourth-order valence-corrected chi connectivity index (χ4v) is 1.89. The first-order valence-corrected chi connectivity index (χ1v) is 6.39. The predicted octanol–water partition coefficient (Wildman–Crippen LogP) is 4.52. The lowest BCUT2D eigenvalue weighted by Crippen LogP contribution is -2.12. The Morgan fingerprint density at radius 2 is 1.73 bits per heavy atom. The van der Waals surface area contributed by atoms with Crippen LogP contribution in [0, 0.1) is 5.92 Å². The van der Waals surface area contributed by atoms with Crippen molar-refractivity contribution >= 4 is 5.78 Å². The van der Waals surface area contributed by atoms with Crippen LogP contribution in [0.1, 0.15) is 65.2 Å². The van der Waals surface area contributed by atoms with Crippen LogP contribution in [0.15, 0.2) is 12.7 Å². The molecule has 0 aromatic carbocycles. The maximum atomic E-state index is 11.7. The number of rotatable bonds is 10. The number of hydrogen-bond donors (Lipinski definition) is 0. The van der Waals surface area contributed by atoms with E-state index >= 15 is 0 Å². The van der Waals surface area contributed by atoms with Gasteiger partial charge < -0.3 is 0 Å². The molecule has 0 amide bonds. The molecule has 15 heavy (non-hydrogen) atoms. The van der Waals surface area contributed by atoms with Crippen LogP contribution in [0.5, 0.6) is 0 Å². The van der Waals surface area contributed by atoms with Crippen LogP contribution in [-0.2, 0) is 4.79 Å². The van der Waals surface area contributed by atoms with Gasteiger partial charge in [0.1, 0.15) is 5.78 Å². The summed E-state index contributed by atoms with van der Waals surface area (Å²) in [5.41, 5.74) is 0. The minimum atomic E-state index is 0.318. The van der Waals surface area contributed by atoms with Crippen LogP contribution >= 0.6 is 0 Å². The van der Waals surface area contributed by atoms with E-state index in [1.807, 2.05) is 6.08 Å². The van der Waals surface area contributed by atoms with Gasteiger partial charge in [-0.1, -0.05) is 32.8 Å². The van der Waals surface area contributed by atoms with Crippen molar-refractivity contribution in [2.75, 3.05) is 0 Å². The summed E-state index contributed by atoms with van der Waals surface area (Å²) >= 11 is 0. The zero-order valence-electron chi connectivity index (χ0n) is 10.4. The molecule has 0 unspecified atom stereocenters. The van der Waals surface area contributed by atoms with Gasteiger partial charge in [-0.25, -0.2) is 0 Å². The van der Waals surface area contributed by atoms with Crippen LogP contribution in [0.3, 0.4) is 0 Å². The number of carbonyl (C=O) groups is 1. The molecule has 0 fully saturated rings. The Balaban J connectivity index is 3.41. The molecule has 0 saturated heterocycles. The fourth-order valence-electron chi connectivity index (χ4n) is 1.89. The van der Waals surface area contributed by atoms with Crippen molar-refractivity contribution in [2.24, 2.45) is 5.92 Å². The number of unbranched alkanes of at least 4 members (excludes halogenated alkanes) is 4. The second-order valence-corrected chi connectivity index (χ2v) is 4.22. The van der Waals surface area contributed by atoms with Gasteiger partial charge in [-0.3, -0.25) is 4.79 Å². The van der Waals surface area contributed by atoms with Crippen molar-refractivity contribution in [1.29, 1.82) is 0 Å². The summed E-state index contributed by atoms with van der Waals surface area (Å²) in [7, 11) is 0. The summed E-state index contributed by atoms with van der Waals surface area (Å²) in [6.45, 7) is 7.91. The number of hydrogen-bond acceptors (Lipinski definition) is 1. The molecular weight excluding hydrogens is 184 g/mol. The third kappa shape index (κ3) is 7.35. The van der Waals surface area contributed by atoms with Gasteiger partial charge in [-0.2, -0.15) is 0 Å². The molecule has 0 saturated carbocycles. The molecule has 0 bridgehead atoms. The summed E-state index contributed by atoms with van der Waals surface area (Å²) in [6.07, 6.45) is 10.6. The van der Waals surface area contributed by atoms with Crippen molar-refractivity contribution in [3.63, 3.8) is 0 Å². The lowest BCUT2D eigenvalue weighted by molar-refractivity contribution is -0.123. The van der Waals surface area contributed by atoms with Crippen molar-refractivity contribution in [2.45, 2.75) is 65.2 Å². The smallest absolute Gasteiger partial charge is 0.135 e. The number of carbonyl (C=O) groups excluding carboxylic acids is 1. The van der Waals surface area contributed by atoms with Gasteiger partial charge in [-0.15, -0.1) is 6.58 Å². The van der Waals surface area contributed by atoms with Crippen LogP contribution < -0.4 is 0 Å². The van der Waals surface area contributed by atoms with Gasteiger partial charge in [0.15, 0.2) is 0 Å². The standard InChI is InChI=1S/C14H26O/c1-4-7-8-9-10-11-12-14(15)13(5-2)6-3/h4,13H,1,5-12H2,2-3H3. The quantitative estimate of drug-likeness (QED) is 0.383. The highest BCUT2D eigenvalue weighted by atomic mass is 16.1. The maximum absolute atomic E-state index is 11.7. The average molecular weight is 210 g/mol. The third-order valence-electron chi connectivity index (χ3n) is 3.02. The first kappa shape index (κ1) is 14.4. The highest BCUT2D eigenvalue weighted by Gasteiger charge is 2.12. The Hall–Kier alpha value is -0.590. The fraction of sp³-hybridized carbons (Fsp3) is 0.786. The molecule has 0 aliphatic heterocycles. The van der Waals surface area contributed by atoms with E-state index in [-0.39, 0.29) is 0 Å². The maximum Gasteiger partial charge on any atom is 0.135 e. The van der Waals surface area contributed by atoms with Gasteiger partial charge >= 0.3 is 0 Å². The van der Waals surface area contributed by atoms with Crippen LogP contribution in [0.4, 0.5) is 0 Å². The van der Waals surface area contributed by atoms with Crippen LogP contribution in [0.25, 0.3) is 0 Å². The van der Waals surface area contributed by atoms with E-state index in [0.29, 0.717) is 11.7 Å². The molecule has 0 aromatic rings. The average Bonchev–Trinajstić information content (AvgIpc) is 2.25. The molecular formula is C14H26O. The molecule has 0 radical (unpaired) electrons. The zero-order valence-corrected chi connectivity index (χ0v) is 10.4. The highest BCUT2D eigenvalue weighted by molar-refractivity contribution is 5.80. The summed E-state index contributed by atoms with van der Waals surface area (Å²) < 4.78 is 0. The van der Waals surface area contributed by atoms with Crippen LogP contribution in [0.2, 0.25) is 0 Å². The first-order chi connectivity index (χ1) is 7.26. The molecule has 0 atom stereocenters. The minimum Gasteiger partial charge on any atom is -0.299 e. The summed E-state index contributed by atoms with van der Waals surface area (Å²) in [6, 6.07) is 0. The number of Topliss-reactive ketones (excluding diaryl/α,β-unsaturated/α-hetero) is 1. The number of allylic oxidation sites excluding steroid dienone is 1. The van der Waals surface area contributed by atoms with Crippen LogP contribution in [-0.4, -0.2) is 5.78 Å². The van der Waals surface area contributed by atoms with Gasteiger partial charge in [-0.05, 0) is 32.1 Å². The highest BCUT2D eigenvalue weighted by Crippen LogP contribution is 2.14. The molecule has 0 aliphatic rings. The van der Waals surface area contributed by atoms with E-state index in [9.17, 15) is 4.79 Å². The largest absolute Gasteiger partial charge is 0.299 e. The lowest BCUT2D eigenvalue weighted by Gasteiger charge is -2.10. The monoisotopic (exact) mass is 210 g/mol. The molecule has 1 heteroatoms. The number of ketones is 1. The van der Waals surface area contributed by atoms with Gasteiger partial charge in [0, 0.05) is 12.3 Å². The Kier molecular flexibility index (Phi) is 9.55. The lowest BCUT2D eigenvalue weighted by atomic mass is 9.94. The summed E-state index contributed by atoms with van der Waals surface area (Å²) in [4.78, 5) is 11.7. The molecule has 0 rings (SSSR count). The van der Waals surface area contributed by atoms with E-state index < -0.39 is 0 Å². The summed E-state index contributed by atoms with van der Waals surface area (Å²) in [5, 5.41) is 0. The van der Waals surface area contributed by atoms with E-state index in [4.69, 9.17) is 0 Å². The van der Waals surface area contributed by atoms with Crippen molar-refractivity contribution in [3.05, 3.63) is 12.7 Å². The molecule has 0 spiro atoms. The third-order valence-corrected chi connectivity index (χ3v) is 3.02. The second kappa shape index (κ2) is 9.95. The predicted molar refractivity (Wildman–Crippen MR) is 67.0 cm³/mol. The van der Waals surface area contributed by atoms with E-state index in [2.05, 4.69) is 20.4 Å². The molecule has 0 heterocycles. The van der Waals surface area contributed by atoms with Gasteiger partial charge in [0.25, 0.3) is 0 Å². The summed E-state index contributed by atoms with van der Waals surface area (Å²) in [5.74, 6) is 0.793. The molecule has 88 valence electrons. The molecule has 0 aliphatic carbocycles. The Labute approximate surface area is 95.0 Å². The van der Waals surface area contributed by atoms with Gasteiger partial charge in [0.2, 0.25) is 0 Å². The van der Waals surface area contributed by atoms with Crippen molar-refractivity contribution < 1.29 is 4.79 Å².